The van der Waals surface area contributed by atoms with Crippen molar-refractivity contribution in [1.82, 2.24) is 4.98 Å². The molecular formula is C12H12FN. The van der Waals surface area contributed by atoms with Crippen LogP contribution in [0.3, 0.4) is 0 Å². The van der Waals surface area contributed by atoms with Crippen molar-refractivity contribution in [3.8, 4) is 0 Å². The molecule has 2 heteroatoms. The first-order valence-corrected chi connectivity index (χ1v) is 4.62. The Morgan fingerprint density at radius 2 is 1.79 bits per heavy atom. The molecule has 0 amide bonds. The van der Waals surface area contributed by atoms with E-state index in [1.54, 1.807) is 6.07 Å². The maximum Gasteiger partial charge on any atom is 0.149 e. The Hall–Kier alpha value is -1.44. The van der Waals surface area contributed by atoms with Crippen LogP contribution in [0.2, 0.25) is 0 Å². The van der Waals surface area contributed by atoms with E-state index >= 15 is 0 Å². The smallest absolute Gasteiger partial charge is 0.149 e. The van der Waals surface area contributed by atoms with Gasteiger partial charge >= 0.3 is 0 Å². The lowest BCUT2D eigenvalue weighted by molar-refractivity contribution is 0.636. The zero-order valence-electron chi connectivity index (χ0n) is 8.56. The summed E-state index contributed by atoms with van der Waals surface area (Å²) in [6, 6.07) is 5.25. The van der Waals surface area contributed by atoms with Gasteiger partial charge in [-0.1, -0.05) is 6.07 Å². The van der Waals surface area contributed by atoms with Crippen LogP contribution in [0.5, 0.6) is 0 Å². The standard InChI is InChI=1S/C12H12FN/c1-7-4-5-10(13)12-11(7)8(2)6-9(3)14-12/h4-6H,1-3H3. The van der Waals surface area contributed by atoms with Crippen LogP contribution in [0, 0.1) is 26.6 Å². The Balaban J connectivity index is 3.00. The van der Waals surface area contributed by atoms with E-state index in [4.69, 9.17) is 0 Å². The topological polar surface area (TPSA) is 12.9 Å². The molecule has 0 bridgehead atoms. The van der Waals surface area contributed by atoms with Crippen molar-refractivity contribution in [2.24, 2.45) is 0 Å². The van der Waals surface area contributed by atoms with E-state index in [1.807, 2.05) is 26.8 Å². The molecule has 0 aliphatic rings. The lowest BCUT2D eigenvalue weighted by Crippen LogP contribution is -1.92. The summed E-state index contributed by atoms with van der Waals surface area (Å²) in [6.45, 7) is 5.85. The molecule has 0 unspecified atom stereocenters. The summed E-state index contributed by atoms with van der Waals surface area (Å²) in [5.74, 6) is -0.239. The van der Waals surface area contributed by atoms with E-state index in [0.29, 0.717) is 5.52 Å². The fourth-order valence-electron chi connectivity index (χ4n) is 1.87. The van der Waals surface area contributed by atoms with Crippen LogP contribution in [-0.4, -0.2) is 4.98 Å². The molecule has 1 aromatic carbocycles. The van der Waals surface area contributed by atoms with Crippen molar-refractivity contribution >= 4 is 10.9 Å². The predicted molar refractivity (Wildman–Crippen MR) is 55.9 cm³/mol. The van der Waals surface area contributed by atoms with E-state index in [2.05, 4.69) is 4.98 Å². The Kier molecular flexibility index (Phi) is 1.99. The first-order chi connectivity index (χ1) is 6.59. The molecule has 14 heavy (non-hydrogen) atoms. The third-order valence-corrected chi connectivity index (χ3v) is 2.44. The van der Waals surface area contributed by atoms with Gasteiger partial charge in [-0.2, -0.15) is 0 Å². The fourth-order valence-corrected chi connectivity index (χ4v) is 1.87. The highest BCUT2D eigenvalue weighted by Crippen LogP contribution is 2.23. The number of aryl methyl sites for hydroxylation is 3. The third kappa shape index (κ3) is 1.27. The van der Waals surface area contributed by atoms with Crippen molar-refractivity contribution in [2.75, 3.05) is 0 Å². The lowest BCUT2D eigenvalue weighted by atomic mass is 10.0. The van der Waals surface area contributed by atoms with Gasteiger partial charge in [0.1, 0.15) is 11.3 Å². The van der Waals surface area contributed by atoms with Crippen molar-refractivity contribution in [2.45, 2.75) is 20.8 Å². The number of hydrogen-bond donors (Lipinski definition) is 0. The zero-order valence-corrected chi connectivity index (χ0v) is 8.56. The summed E-state index contributed by atoms with van der Waals surface area (Å²) >= 11 is 0. The summed E-state index contributed by atoms with van der Waals surface area (Å²) < 4.78 is 13.5. The highest BCUT2D eigenvalue weighted by atomic mass is 19.1. The SMILES string of the molecule is Cc1cc(C)c2c(C)ccc(F)c2n1. The molecule has 0 spiro atoms. The Labute approximate surface area is 82.6 Å². The summed E-state index contributed by atoms with van der Waals surface area (Å²) in [7, 11) is 0. The highest BCUT2D eigenvalue weighted by Gasteiger charge is 2.07. The number of nitrogens with zero attached hydrogens (tertiary/aromatic N) is 1. The summed E-state index contributed by atoms with van der Waals surface area (Å²) in [4.78, 5) is 4.22. The predicted octanol–water partition coefficient (Wildman–Crippen LogP) is 3.30. The first-order valence-electron chi connectivity index (χ1n) is 4.62. The number of halogens is 1. The van der Waals surface area contributed by atoms with Gasteiger partial charge in [-0.05, 0) is 44.0 Å². The second kappa shape index (κ2) is 3.05. The number of rotatable bonds is 0. The number of benzene rings is 1. The van der Waals surface area contributed by atoms with Crippen molar-refractivity contribution in [1.29, 1.82) is 0 Å². The van der Waals surface area contributed by atoms with Crippen LogP contribution in [0.4, 0.5) is 4.39 Å². The zero-order chi connectivity index (χ0) is 10.3. The second-order valence-corrected chi connectivity index (χ2v) is 3.67. The third-order valence-electron chi connectivity index (χ3n) is 2.44. The molecule has 2 aromatic rings. The summed E-state index contributed by atoms with van der Waals surface area (Å²) in [5, 5.41) is 0.940. The number of pyridine rings is 1. The monoisotopic (exact) mass is 189 g/mol. The van der Waals surface area contributed by atoms with E-state index in [9.17, 15) is 4.39 Å². The van der Waals surface area contributed by atoms with Crippen molar-refractivity contribution < 1.29 is 4.39 Å². The number of hydrogen-bond acceptors (Lipinski definition) is 1. The molecule has 0 saturated carbocycles. The van der Waals surface area contributed by atoms with Crippen molar-refractivity contribution in [3.05, 3.63) is 40.8 Å². The molecule has 1 nitrogen and oxygen atoms in total. The Morgan fingerprint density at radius 3 is 2.50 bits per heavy atom. The molecule has 0 aliphatic carbocycles. The molecular weight excluding hydrogens is 177 g/mol. The maximum absolute atomic E-state index is 13.5. The number of fused-ring (bicyclic) bond motifs is 1. The van der Waals surface area contributed by atoms with Gasteiger partial charge < -0.3 is 0 Å². The first kappa shape index (κ1) is 9.13. The molecule has 72 valence electrons. The van der Waals surface area contributed by atoms with Gasteiger partial charge in [0, 0.05) is 11.1 Å². The minimum absolute atomic E-state index is 0.239. The molecule has 0 fully saturated rings. The quantitative estimate of drug-likeness (QED) is 0.619. The Morgan fingerprint density at radius 1 is 1.07 bits per heavy atom. The summed E-state index contributed by atoms with van der Waals surface area (Å²) in [6.07, 6.45) is 0. The van der Waals surface area contributed by atoms with E-state index in [1.165, 1.54) is 6.07 Å². The van der Waals surface area contributed by atoms with Gasteiger partial charge in [0.15, 0.2) is 0 Å². The molecule has 0 saturated heterocycles. The van der Waals surface area contributed by atoms with Crippen LogP contribution in [0.1, 0.15) is 16.8 Å². The van der Waals surface area contributed by atoms with E-state index in [-0.39, 0.29) is 5.82 Å². The van der Waals surface area contributed by atoms with Gasteiger partial charge in [-0.25, -0.2) is 4.39 Å². The van der Waals surface area contributed by atoms with Crippen LogP contribution in [0.15, 0.2) is 18.2 Å². The highest BCUT2D eigenvalue weighted by molar-refractivity contribution is 5.85. The van der Waals surface area contributed by atoms with Gasteiger partial charge in [0.25, 0.3) is 0 Å². The Bertz CT molecular complexity index is 503. The van der Waals surface area contributed by atoms with E-state index in [0.717, 1.165) is 22.2 Å². The minimum Gasteiger partial charge on any atom is -0.250 e. The van der Waals surface area contributed by atoms with Crippen LogP contribution >= 0.6 is 0 Å². The average molecular weight is 189 g/mol. The largest absolute Gasteiger partial charge is 0.250 e. The molecule has 0 radical (unpaired) electrons. The van der Waals surface area contributed by atoms with Gasteiger partial charge in [-0.3, -0.25) is 4.98 Å². The lowest BCUT2D eigenvalue weighted by Gasteiger charge is -2.07. The molecule has 0 aliphatic heterocycles. The minimum atomic E-state index is -0.239. The van der Waals surface area contributed by atoms with Crippen LogP contribution < -0.4 is 0 Å². The summed E-state index contributed by atoms with van der Waals surface area (Å²) in [5.41, 5.74) is 3.51. The van der Waals surface area contributed by atoms with Gasteiger partial charge in [-0.15, -0.1) is 0 Å². The molecule has 0 atom stereocenters. The normalized spacial score (nSPS) is 10.9. The van der Waals surface area contributed by atoms with Crippen LogP contribution in [0.25, 0.3) is 10.9 Å². The second-order valence-electron chi connectivity index (χ2n) is 3.67. The molecule has 2 rings (SSSR count). The van der Waals surface area contributed by atoms with Gasteiger partial charge in [0.05, 0.1) is 0 Å². The van der Waals surface area contributed by atoms with E-state index < -0.39 is 0 Å². The molecule has 0 N–H and O–H groups in total. The van der Waals surface area contributed by atoms with Crippen LogP contribution in [-0.2, 0) is 0 Å². The van der Waals surface area contributed by atoms with Gasteiger partial charge in [0.2, 0.25) is 0 Å². The maximum atomic E-state index is 13.5. The fraction of sp³-hybridized carbons (Fsp3) is 0.250. The molecule has 1 aromatic heterocycles. The average Bonchev–Trinajstić information content (AvgIpc) is 2.10. The van der Waals surface area contributed by atoms with Crippen molar-refractivity contribution in [3.63, 3.8) is 0 Å². The number of aromatic nitrogens is 1. The molecule has 1 heterocycles.